The maximum absolute atomic E-state index is 12.1. The molecule has 150 valence electrons. The summed E-state index contributed by atoms with van der Waals surface area (Å²) in [5.41, 5.74) is 3.80. The summed E-state index contributed by atoms with van der Waals surface area (Å²) in [5.74, 6) is 0.545. The van der Waals surface area contributed by atoms with Gasteiger partial charge in [0.15, 0.2) is 0 Å². The molecule has 2 aromatic heterocycles. The van der Waals surface area contributed by atoms with Gasteiger partial charge in [0.1, 0.15) is 12.3 Å². The number of carbonyl (C=O) groups is 1. The van der Waals surface area contributed by atoms with Crippen molar-refractivity contribution in [1.29, 1.82) is 0 Å². The minimum atomic E-state index is -0.0942. The molecular formula is C22H30N4O2. The first kappa shape index (κ1) is 20.1. The van der Waals surface area contributed by atoms with Crippen molar-refractivity contribution >= 4 is 5.91 Å². The van der Waals surface area contributed by atoms with Crippen LogP contribution in [-0.4, -0.2) is 47.0 Å². The predicted molar refractivity (Wildman–Crippen MR) is 111 cm³/mol. The normalized spacial score (nSPS) is 15.1. The first-order valence-electron chi connectivity index (χ1n) is 10.0. The number of carbonyl (C=O) groups excluding carboxylic acids is 1. The summed E-state index contributed by atoms with van der Waals surface area (Å²) in [7, 11) is 0. The van der Waals surface area contributed by atoms with Crippen molar-refractivity contribution in [1.82, 2.24) is 20.2 Å². The van der Waals surface area contributed by atoms with Gasteiger partial charge < -0.3 is 15.0 Å². The standard InChI is InChI=1S/C22H30N4O2/c1-17-14-18(2)25-21(17)22(27)24-9-4-7-13-28-20-15-19(8-10-23-20)16-26-11-5-3-6-12-26/h4,7-8,10,14-15,25H,3,5-6,9,11-13,16H2,1-2H3,(H,24,27). The van der Waals surface area contributed by atoms with E-state index in [0.717, 1.165) is 17.8 Å². The van der Waals surface area contributed by atoms with Crippen LogP contribution in [0.5, 0.6) is 5.88 Å². The number of hydrogen-bond acceptors (Lipinski definition) is 4. The second-order valence-electron chi connectivity index (χ2n) is 7.34. The minimum absolute atomic E-state index is 0.0942. The molecule has 2 N–H and O–H groups in total. The molecule has 3 heterocycles. The van der Waals surface area contributed by atoms with E-state index >= 15 is 0 Å². The van der Waals surface area contributed by atoms with E-state index in [0.29, 0.717) is 24.7 Å². The van der Waals surface area contributed by atoms with Gasteiger partial charge in [-0.3, -0.25) is 9.69 Å². The number of likely N-dealkylation sites (tertiary alicyclic amines) is 1. The Hall–Kier alpha value is -2.60. The van der Waals surface area contributed by atoms with E-state index in [1.165, 1.54) is 37.9 Å². The molecule has 2 aromatic rings. The SMILES string of the molecule is Cc1cc(C)c(C(=O)NCC=CCOc2cc(CN3CCCCC3)ccn2)[nH]1. The molecule has 1 saturated heterocycles. The minimum Gasteiger partial charge on any atom is -0.473 e. The molecule has 6 heteroatoms. The fourth-order valence-corrected chi connectivity index (χ4v) is 3.49. The number of aryl methyl sites for hydroxylation is 2. The van der Waals surface area contributed by atoms with Crippen molar-refractivity contribution < 1.29 is 9.53 Å². The van der Waals surface area contributed by atoms with Gasteiger partial charge in [-0.25, -0.2) is 4.98 Å². The molecule has 3 rings (SSSR count). The van der Waals surface area contributed by atoms with Gasteiger partial charge >= 0.3 is 0 Å². The molecule has 6 nitrogen and oxygen atoms in total. The van der Waals surface area contributed by atoms with Gasteiger partial charge in [0.05, 0.1) is 0 Å². The van der Waals surface area contributed by atoms with Crippen molar-refractivity contribution in [2.45, 2.75) is 39.7 Å². The van der Waals surface area contributed by atoms with Crippen LogP contribution in [0.25, 0.3) is 0 Å². The number of nitrogens with one attached hydrogen (secondary N) is 2. The van der Waals surface area contributed by atoms with Crippen molar-refractivity contribution in [2.24, 2.45) is 0 Å². The van der Waals surface area contributed by atoms with Gasteiger partial charge in [0.2, 0.25) is 5.88 Å². The van der Waals surface area contributed by atoms with Crippen molar-refractivity contribution in [3.05, 3.63) is 59.1 Å². The Labute approximate surface area is 167 Å². The first-order valence-corrected chi connectivity index (χ1v) is 10.0. The zero-order chi connectivity index (χ0) is 19.8. The number of pyridine rings is 1. The molecule has 1 aliphatic heterocycles. The molecule has 0 atom stereocenters. The molecule has 0 aliphatic carbocycles. The highest BCUT2D eigenvalue weighted by Gasteiger charge is 2.11. The summed E-state index contributed by atoms with van der Waals surface area (Å²) < 4.78 is 5.71. The Morgan fingerprint density at radius 3 is 2.82 bits per heavy atom. The number of aromatic nitrogens is 2. The summed E-state index contributed by atoms with van der Waals surface area (Å²) in [6, 6.07) is 6.03. The molecule has 0 saturated carbocycles. The van der Waals surface area contributed by atoms with E-state index in [-0.39, 0.29) is 5.91 Å². The lowest BCUT2D eigenvalue weighted by molar-refractivity contribution is 0.0953. The molecule has 1 amide bonds. The third-order valence-corrected chi connectivity index (χ3v) is 4.91. The zero-order valence-corrected chi connectivity index (χ0v) is 16.8. The van der Waals surface area contributed by atoms with E-state index in [2.05, 4.69) is 26.3 Å². The molecule has 0 aromatic carbocycles. The van der Waals surface area contributed by atoms with Crippen molar-refractivity contribution in [2.75, 3.05) is 26.2 Å². The summed E-state index contributed by atoms with van der Waals surface area (Å²) in [4.78, 5) is 22.0. The number of piperidine rings is 1. The summed E-state index contributed by atoms with van der Waals surface area (Å²) in [6.45, 7) is 8.06. The van der Waals surface area contributed by atoms with E-state index in [1.54, 1.807) is 6.20 Å². The van der Waals surface area contributed by atoms with Crippen LogP contribution < -0.4 is 10.1 Å². The maximum Gasteiger partial charge on any atom is 0.268 e. The number of H-pyrrole nitrogens is 1. The van der Waals surface area contributed by atoms with Crippen LogP contribution in [0.2, 0.25) is 0 Å². The van der Waals surface area contributed by atoms with Gasteiger partial charge in [-0.05, 0) is 69.1 Å². The Morgan fingerprint density at radius 1 is 1.25 bits per heavy atom. The molecule has 0 spiro atoms. The van der Waals surface area contributed by atoms with Crippen LogP contribution in [0.3, 0.4) is 0 Å². The second-order valence-corrected chi connectivity index (χ2v) is 7.34. The van der Waals surface area contributed by atoms with Crippen LogP contribution in [-0.2, 0) is 6.54 Å². The summed E-state index contributed by atoms with van der Waals surface area (Å²) in [5, 5.41) is 2.87. The van der Waals surface area contributed by atoms with Gasteiger partial charge in [0, 0.05) is 31.0 Å². The second kappa shape index (κ2) is 10.1. The Balaban J connectivity index is 1.39. The number of aromatic amines is 1. The average Bonchev–Trinajstić information content (AvgIpc) is 3.04. The Kier molecular flexibility index (Phi) is 7.25. The first-order chi connectivity index (χ1) is 13.6. The highest BCUT2D eigenvalue weighted by molar-refractivity contribution is 5.94. The molecule has 0 radical (unpaired) electrons. The maximum atomic E-state index is 12.1. The van der Waals surface area contributed by atoms with Gasteiger partial charge in [-0.15, -0.1) is 0 Å². The van der Waals surface area contributed by atoms with Crippen LogP contribution in [0.4, 0.5) is 0 Å². The smallest absolute Gasteiger partial charge is 0.268 e. The van der Waals surface area contributed by atoms with Crippen LogP contribution >= 0.6 is 0 Å². The predicted octanol–water partition coefficient (Wildman–Crippen LogP) is 3.38. The molecule has 0 bridgehead atoms. The van der Waals surface area contributed by atoms with Crippen molar-refractivity contribution in [3.8, 4) is 5.88 Å². The zero-order valence-electron chi connectivity index (χ0n) is 16.8. The topological polar surface area (TPSA) is 70.2 Å². The number of ether oxygens (including phenoxy) is 1. The van der Waals surface area contributed by atoms with Gasteiger partial charge in [-0.2, -0.15) is 0 Å². The van der Waals surface area contributed by atoms with Crippen LogP contribution in [0, 0.1) is 13.8 Å². The highest BCUT2D eigenvalue weighted by Crippen LogP contribution is 2.15. The van der Waals surface area contributed by atoms with Crippen LogP contribution in [0.1, 0.15) is 46.6 Å². The highest BCUT2D eigenvalue weighted by atomic mass is 16.5. The number of amides is 1. The fraction of sp³-hybridized carbons (Fsp3) is 0.455. The average molecular weight is 383 g/mol. The largest absolute Gasteiger partial charge is 0.473 e. The van der Waals surface area contributed by atoms with E-state index < -0.39 is 0 Å². The van der Waals surface area contributed by atoms with Gasteiger partial charge in [-0.1, -0.05) is 12.5 Å². The number of rotatable bonds is 8. The molecular weight excluding hydrogens is 352 g/mol. The van der Waals surface area contributed by atoms with Gasteiger partial charge in [0.25, 0.3) is 5.91 Å². The number of hydrogen-bond donors (Lipinski definition) is 2. The molecule has 28 heavy (non-hydrogen) atoms. The quantitative estimate of drug-likeness (QED) is 0.687. The van der Waals surface area contributed by atoms with Crippen molar-refractivity contribution in [3.63, 3.8) is 0 Å². The number of nitrogens with zero attached hydrogens (tertiary/aromatic N) is 2. The summed E-state index contributed by atoms with van der Waals surface area (Å²) in [6.07, 6.45) is 9.52. The third kappa shape index (κ3) is 5.96. The lowest BCUT2D eigenvalue weighted by atomic mass is 10.1. The monoisotopic (exact) mass is 382 g/mol. The Morgan fingerprint density at radius 2 is 2.07 bits per heavy atom. The molecule has 0 unspecified atom stereocenters. The molecule has 1 fully saturated rings. The lowest BCUT2D eigenvalue weighted by Gasteiger charge is -2.26. The lowest BCUT2D eigenvalue weighted by Crippen LogP contribution is -2.29. The fourth-order valence-electron chi connectivity index (χ4n) is 3.49. The van der Waals surface area contributed by atoms with E-state index in [4.69, 9.17) is 4.74 Å². The van der Waals surface area contributed by atoms with E-state index in [9.17, 15) is 4.79 Å². The molecule has 1 aliphatic rings. The Bertz CT molecular complexity index is 807. The summed E-state index contributed by atoms with van der Waals surface area (Å²) >= 11 is 0. The van der Waals surface area contributed by atoms with E-state index in [1.807, 2.05) is 38.1 Å². The third-order valence-electron chi connectivity index (χ3n) is 4.91. The van der Waals surface area contributed by atoms with Crippen LogP contribution in [0.15, 0.2) is 36.5 Å².